The van der Waals surface area contributed by atoms with Gasteiger partial charge in [0.15, 0.2) is 0 Å². The number of halogens is 3. The van der Waals surface area contributed by atoms with Crippen molar-refractivity contribution in [1.29, 1.82) is 0 Å². The smallest absolute Gasteiger partial charge is 0.361 e. The standard InChI is InChI=1S/C20H21F3N2O/c1-13(2)10-11-25-18(16-8-3-4-9-17(16)19(25)26)24-15-7-5-6-14(12-15)20(21,22)23/h3-9,12-13,18,24H,10-11H2,1-2H3. The maximum atomic E-state index is 13.0. The molecule has 1 atom stereocenters. The molecule has 0 saturated carbocycles. The van der Waals surface area contributed by atoms with Crippen LogP contribution in [0.15, 0.2) is 48.5 Å². The number of benzene rings is 2. The predicted molar refractivity (Wildman–Crippen MR) is 94.7 cm³/mol. The molecule has 1 N–H and O–H groups in total. The lowest BCUT2D eigenvalue weighted by molar-refractivity contribution is -0.137. The molecule has 3 nitrogen and oxygen atoms in total. The fourth-order valence-corrected chi connectivity index (χ4v) is 3.10. The van der Waals surface area contributed by atoms with E-state index in [0.29, 0.717) is 23.7 Å². The molecule has 1 aliphatic heterocycles. The normalized spacial score (nSPS) is 16.9. The molecule has 0 saturated heterocycles. The van der Waals surface area contributed by atoms with Gasteiger partial charge >= 0.3 is 6.18 Å². The second-order valence-corrected chi connectivity index (χ2v) is 6.89. The number of carbonyl (C=O) groups excluding carboxylic acids is 1. The zero-order chi connectivity index (χ0) is 18.9. The van der Waals surface area contributed by atoms with E-state index in [1.807, 2.05) is 12.1 Å². The molecule has 2 aromatic carbocycles. The van der Waals surface area contributed by atoms with E-state index in [9.17, 15) is 18.0 Å². The summed E-state index contributed by atoms with van der Waals surface area (Å²) in [4.78, 5) is 14.4. The maximum absolute atomic E-state index is 13.0. The average Bonchev–Trinajstić information content (AvgIpc) is 2.85. The molecule has 1 heterocycles. The van der Waals surface area contributed by atoms with Crippen LogP contribution in [-0.2, 0) is 6.18 Å². The molecule has 138 valence electrons. The number of amides is 1. The van der Waals surface area contributed by atoms with Crippen LogP contribution >= 0.6 is 0 Å². The van der Waals surface area contributed by atoms with E-state index in [0.717, 1.165) is 24.1 Å². The largest absolute Gasteiger partial charge is 0.416 e. The molecule has 0 aromatic heterocycles. The molecule has 0 fully saturated rings. The zero-order valence-electron chi connectivity index (χ0n) is 14.7. The lowest BCUT2D eigenvalue weighted by Crippen LogP contribution is -2.33. The molecule has 0 bridgehead atoms. The number of alkyl halides is 3. The number of hydrogen-bond donors (Lipinski definition) is 1. The SMILES string of the molecule is CC(C)CCN1C(=O)c2ccccc2C1Nc1cccc(C(F)(F)F)c1. The molecule has 1 amide bonds. The summed E-state index contributed by atoms with van der Waals surface area (Å²) in [5.41, 5.74) is 1.01. The minimum absolute atomic E-state index is 0.0919. The molecule has 2 aromatic rings. The van der Waals surface area contributed by atoms with Crippen LogP contribution < -0.4 is 5.32 Å². The van der Waals surface area contributed by atoms with Crippen molar-refractivity contribution in [3.8, 4) is 0 Å². The Balaban J connectivity index is 1.91. The van der Waals surface area contributed by atoms with Crippen LogP contribution in [0.1, 0.15) is 47.9 Å². The van der Waals surface area contributed by atoms with Gasteiger partial charge in [-0.25, -0.2) is 0 Å². The van der Waals surface area contributed by atoms with Crippen molar-refractivity contribution in [2.45, 2.75) is 32.6 Å². The Morgan fingerprint density at radius 2 is 1.85 bits per heavy atom. The quantitative estimate of drug-likeness (QED) is 0.781. The van der Waals surface area contributed by atoms with Crippen molar-refractivity contribution in [2.75, 3.05) is 11.9 Å². The van der Waals surface area contributed by atoms with Gasteiger partial charge in [-0.2, -0.15) is 13.2 Å². The van der Waals surface area contributed by atoms with Gasteiger partial charge in [-0.05, 0) is 36.6 Å². The molecule has 6 heteroatoms. The predicted octanol–water partition coefficient (Wildman–Crippen LogP) is 5.32. The van der Waals surface area contributed by atoms with Gasteiger partial charge in [-0.15, -0.1) is 0 Å². The highest BCUT2D eigenvalue weighted by molar-refractivity contribution is 5.99. The van der Waals surface area contributed by atoms with E-state index in [-0.39, 0.29) is 5.91 Å². The van der Waals surface area contributed by atoms with E-state index >= 15 is 0 Å². The van der Waals surface area contributed by atoms with Crippen molar-refractivity contribution < 1.29 is 18.0 Å². The molecular weight excluding hydrogens is 341 g/mol. The number of fused-ring (bicyclic) bond motifs is 1. The third-order valence-electron chi connectivity index (χ3n) is 4.50. The number of nitrogens with one attached hydrogen (secondary N) is 1. The van der Waals surface area contributed by atoms with E-state index in [4.69, 9.17) is 0 Å². The second-order valence-electron chi connectivity index (χ2n) is 6.89. The Bertz CT molecular complexity index is 802. The van der Waals surface area contributed by atoms with Crippen LogP contribution in [0.3, 0.4) is 0 Å². The van der Waals surface area contributed by atoms with E-state index in [1.54, 1.807) is 23.1 Å². The lowest BCUT2D eigenvalue weighted by Gasteiger charge is -2.28. The number of rotatable bonds is 5. The van der Waals surface area contributed by atoms with Gasteiger partial charge in [0.05, 0.1) is 5.56 Å². The molecule has 1 aliphatic rings. The highest BCUT2D eigenvalue weighted by atomic mass is 19.4. The molecule has 0 spiro atoms. The lowest BCUT2D eigenvalue weighted by atomic mass is 10.1. The summed E-state index contributed by atoms with van der Waals surface area (Å²) < 4.78 is 38.9. The summed E-state index contributed by atoms with van der Waals surface area (Å²) in [6.07, 6.45) is -4.06. The van der Waals surface area contributed by atoms with Crippen molar-refractivity contribution in [1.82, 2.24) is 4.90 Å². The van der Waals surface area contributed by atoms with Gasteiger partial charge in [0.1, 0.15) is 6.17 Å². The van der Waals surface area contributed by atoms with E-state index in [1.165, 1.54) is 6.07 Å². The minimum atomic E-state index is -4.40. The van der Waals surface area contributed by atoms with Crippen LogP contribution in [0.4, 0.5) is 18.9 Å². The topological polar surface area (TPSA) is 32.3 Å². The van der Waals surface area contributed by atoms with Gasteiger partial charge < -0.3 is 10.2 Å². The Hall–Kier alpha value is -2.50. The van der Waals surface area contributed by atoms with Gasteiger partial charge in [0.25, 0.3) is 5.91 Å². The monoisotopic (exact) mass is 362 g/mol. The first kappa shape index (κ1) is 18.3. The summed E-state index contributed by atoms with van der Waals surface area (Å²) in [5, 5.41) is 3.12. The summed E-state index contributed by atoms with van der Waals surface area (Å²) >= 11 is 0. The fraction of sp³-hybridized carbons (Fsp3) is 0.350. The van der Waals surface area contributed by atoms with Crippen LogP contribution in [-0.4, -0.2) is 17.4 Å². The fourth-order valence-electron chi connectivity index (χ4n) is 3.10. The van der Waals surface area contributed by atoms with Gasteiger partial charge in [-0.1, -0.05) is 38.1 Å². The number of hydrogen-bond acceptors (Lipinski definition) is 2. The number of anilines is 1. The van der Waals surface area contributed by atoms with Crippen LogP contribution in [0.5, 0.6) is 0 Å². The molecule has 26 heavy (non-hydrogen) atoms. The molecule has 3 rings (SSSR count). The van der Waals surface area contributed by atoms with Crippen LogP contribution in [0, 0.1) is 5.92 Å². The average molecular weight is 362 g/mol. The maximum Gasteiger partial charge on any atom is 0.416 e. The first-order chi connectivity index (χ1) is 12.3. The van der Waals surface area contributed by atoms with Crippen molar-refractivity contribution in [2.24, 2.45) is 5.92 Å². The Morgan fingerprint density at radius 1 is 1.12 bits per heavy atom. The third-order valence-corrected chi connectivity index (χ3v) is 4.50. The van der Waals surface area contributed by atoms with E-state index in [2.05, 4.69) is 19.2 Å². The summed E-state index contributed by atoms with van der Waals surface area (Å²) in [5.74, 6) is 0.325. The zero-order valence-corrected chi connectivity index (χ0v) is 14.7. The third kappa shape index (κ3) is 3.69. The molecule has 1 unspecified atom stereocenters. The second kappa shape index (κ2) is 7.02. The van der Waals surface area contributed by atoms with Gasteiger partial charge in [0.2, 0.25) is 0 Å². The van der Waals surface area contributed by atoms with Gasteiger partial charge in [0, 0.05) is 23.4 Å². The van der Waals surface area contributed by atoms with Crippen molar-refractivity contribution in [3.63, 3.8) is 0 Å². The summed E-state index contributed by atoms with van der Waals surface area (Å²) in [6.45, 7) is 4.69. The number of carbonyl (C=O) groups is 1. The van der Waals surface area contributed by atoms with Crippen molar-refractivity contribution in [3.05, 3.63) is 65.2 Å². The first-order valence-corrected chi connectivity index (χ1v) is 8.61. The van der Waals surface area contributed by atoms with Crippen molar-refractivity contribution >= 4 is 11.6 Å². The summed E-state index contributed by atoms with van der Waals surface area (Å²) in [7, 11) is 0. The highest BCUT2D eigenvalue weighted by Gasteiger charge is 2.36. The minimum Gasteiger partial charge on any atom is -0.361 e. The van der Waals surface area contributed by atoms with Crippen LogP contribution in [0.25, 0.3) is 0 Å². The summed E-state index contributed by atoms with van der Waals surface area (Å²) in [6, 6.07) is 12.3. The Kier molecular flexibility index (Phi) is 4.94. The molecule has 0 aliphatic carbocycles. The highest BCUT2D eigenvalue weighted by Crippen LogP contribution is 2.36. The van der Waals surface area contributed by atoms with E-state index < -0.39 is 17.9 Å². The Morgan fingerprint density at radius 3 is 2.54 bits per heavy atom. The number of nitrogens with zero attached hydrogens (tertiary/aromatic N) is 1. The molecular formula is C20H21F3N2O. The van der Waals surface area contributed by atoms with Gasteiger partial charge in [-0.3, -0.25) is 4.79 Å². The molecule has 0 radical (unpaired) electrons. The van der Waals surface area contributed by atoms with Crippen LogP contribution in [0.2, 0.25) is 0 Å². The first-order valence-electron chi connectivity index (χ1n) is 8.61. The Labute approximate surface area is 150 Å².